The molecule has 1 aliphatic heterocycles. The minimum Gasteiger partial charge on any atom is -0.390 e. The van der Waals surface area contributed by atoms with Crippen LogP contribution in [-0.2, 0) is 9.59 Å². The van der Waals surface area contributed by atoms with Crippen LogP contribution in [0.15, 0.2) is 12.1 Å². The SMILES string of the molecule is NC(=O)C12CC3CC(C1)C(NC(=O)CN1CC(O)CN(c4c(Cl)cc(Cl)cc4Cl)S1(O)O)C(C3)C2. The first-order valence-electron chi connectivity index (χ1n) is 11.6. The van der Waals surface area contributed by atoms with Crippen LogP contribution in [0.5, 0.6) is 0 Å². The number of β-amino-alcohol motifs (C(OH)–C–C–N with tert-alkyl or cyclic N) is 1. The van der Waals surface area contributed by atoms with E-state index < -0.39 is 22.5 Å². The van der Waals surface area contributed by atoms with Gasteiger partial charge in [-0.2, -0.15) is 4.31 Å². The molecule has 6 N–H and O–H groups in total. The number of amides is 2. The van der Waals surface area contributed by atoms with Gasteiger partial charge in [-0.25, -0.2) is 0 Å². The molecule has 3 atom stereocenters. The maximum absolute atomic E-state index is 13.1. The average molecular weight is 568 g/mol. The second-order valence-corrected chi connectivity index (χ2v) is 13.6. The summed E-state index contributed by atoms with van der Waals surface area (Å²) in [4.78, 5) is 25.3. The molecule has 4 saturated carbocycles. The van der Waals surface area contributed by atoms with Crippen molar-refractivity contribution in [2.45, 2.75) is 44.2 Å². The predicted molar refractivity (Wildman–Crippen MR) is 136 cm³/mol. The van der Waals surface area contributed by atoms with Crippen LogP contribution in [0.4, 0.5) is 5.69 Å². The van der Waals surface area contributed by atoms with Crippen LogP contribution >= 0.6 is 45.8 Å². The molecule has 194 valence electrons. The molecule has 1 aromatic carbocycles. The van der Waals surface area contributed by atoms with Crippen molar-refractivity contribution < 1.29 is 23.8 Å². The number of benzene rings is 1. The van der Waals surface area contributed by atoms with E-state index in [0.29, 0.717) is 18.8 Å². The zero-order valence-corrected chi connectivity index (χ0v) is 22.0. The first-order chi connectivity index (χ1) is 16.4. The van der Waals surface area contributed by atoms with E-state index in [-0.39, 0.29) is 70.1 Å². The predicted octanol–water partition coefficient (Wildman–Crippen LogP) is 3.51. The van der Waals surface area contributed by atoms with Gasteiger partial charge in [0.1, 0.15) is 0 Å². The Morgan fingerprint density at radius 1 is 1.09 bits per heavy atom. The minimum atomic E-state index is -3.71. The van der Waals surface area contributed by atoms with Gasteiger partial charge in [-0.15, -0.1) is 0 Å². The van der Waals surface area contributed by atoms with Gasteiger partial charge in [0.05, 0.1) is 34.9 Å². The summed E-state index contributed by atoms with van der Waals surface area (Å²) in [6.07, 6.45) is 3.12. The van der Waals surface area contributed by atoms with Gasteiger partial charge in [0.15, 0.2) is 0 Å². The molecule has 4 aliphatic carbocycles. The standard InChI is InChI=1S/C22H29Cl3N4O5S/c23-14-3-16(24)20(17(25)4-14)29-9-15(30)8-28(35(29,33)34)10-18(31)27-19-12-1-11-2-13(19)7-22(5-11,6-12)21(26)32/h3-4,11-13,15,19,30,33-34H,1-2,5-10H2,(H2,26,32)(H,27,31). The highest BCUT2D eigenvalue weighted by Gasteiger charge is 2.58. The van der Waals surface area contributed by atoms with Crippen LogP contribution in [0.3, 0.4) is 0 Å². The first kappa shape index (κ1) is 25.7. The van der Waals surface area contributed by atoms with Crippen molar-refractivity contribution >= 4 is 63.3 Å². The van der Waals surface area contributed by atoms with Gasteiger partial charge >= 0.3 is 0 Å². The van der Waals surface area contributed by atoms with Crippen LogP contribution in [0.1, 0.15) is 32.1 Å². The van der Waals surface area contributed by atoms with E-state index in [2.05, 4.69) is 5.32 Å². The molecule has 0 spiro atoms. The van der Waals surface area contributed by atoms with Crippen molar-refractivity contribution in [1.29, 1.82) is 0 Å². The van der Waals surface area contributed by atoms with Gasteiger partial charge in [-0.3, -0.25) is 23.0 Å². The summed E-state index contributed by atoms with van der Waals surface area (Å²) in [5, 5.41) is 14.0. The summed E-state index contributed by atoms with van der Waals surface area (Å²) in [6, 6.07) is 2.76. The summed E-state index contributed by atoms with van der Waals surface area (Å²) in [5.74, 6) is 0.191. The normalized spacial score (nSPS) is 36.7. The van der Waals surface area contributed by atoms with E-state index in [4.69, 9.17) is 40.5 Å². The Labute approximate surface area is 220 Å². The largest absolute Gasteiger partial charge is 0.390 e. The summed E-state index contributed by atoms with van der Waals surface area (Å²) in [7, 11) is -3.71. The smallest absolute Gasteiger partial charge is 0.236 e. The number of aliphatic hydroxyl groups excluding tert-OH is 1. The van der Waals surface area contributed by atoms with Crippen molar-refractivity contribution in [2.24, 2.45) is 28.9 Å². The number of hydrogen-bond acceptors (Lipinski definition) is 7. The average Bonchev–Trinajstić information content (AvgIpc) is 2.73. The minimum absolute atomic E-state index is 0.0840. The zero-order chi connectivity index (χ0) is 25.3. The summed E-state index contributed by atoms with van der Waals surface area (Å²) in [6.45, 7) is -0.580. The molecule has 2 amide bonds. The van der Waals surface area contributed by atoms with E-state index in [1.807, 2.05) is 0 Å². The molecule has 9 nitrogen and oxygen atoms in total. The lowest BCUT2D eigenvalue weighted by Gasteiger charge is -2.59. The monoisotopic (exact) mass is 566 g/mol. The van der Waals surface area contributed by atoms with E-state index in [1.54, 1.807) is 0 Å². The second-order valence-electron chi connectivity index (χ2n) is 10.5. The fourth-order valence-electron chi connectivity index (χ4n) is 6.91. The molecule has 13 heteroatoms. The number of nitrogens with one attached hydrogen (secondary N) is 1. The van der Waals surface area contributed by atoms with E-state index >= 15 is 0 Å². The lowest BCUT2D eigenvalue weighted by molar-refractivity contribution is -0.147. The molecule has 3 unspecified atom stereocenters. The number of hydrogen-bond donors (Lipinski definition) is 5. The first-order valence-corrected chi connectivity index (χ1v) is 14.2. The fourth-order valence-corrected chi connectivity index (χ4v) is 9.79. The number of nitrogens with two attached hydrogens (primary N) is 1. The quantitative estimate of drug-likeness (QED) is 0.367. The van der Waals surface area contributed by atoms with E-state index in [0.717, 1.165) is 27.9 Å². The Kier molecular flexibility index (Phi) is 6.67. The third-order valence-corrected chi connectivity index (χ3v) is 10.8. The van der Waals surface area contributed by atoms with Gasteiger partial charge in [-0.05, 0) is 73.0 Å². The number of halogens is 3. The van der Waals surface area contributed by atoms with Crippen molar-refractivity contribution in [2.75, 3.05) is 23.9 Å². The van der Waals surface area contributed by atoms with Gasteiger partial charge in [0.25, 0.3) is 0 Å². The molecular formula is C22H29Cl3N4O5S. The highest BCUT2D eigenvalue weighted by molar-refractivity contribution is 8.23. The highest BCUT2D eigenvalue weighted by Crippen LogP contribution is 2.60. The molecule has 35 heavy (non-hydrogen) atoms. The zero-order valence-electron chi connectivity index (χ0n) is 18.9. The van der Waals surface area contributed by atoms with E-state index in [1.165, 1.54) is 12.1 Å². The Morgan fingerprint density at radius 2 is 1.69 bits per heavy atom. The van der Waals surface area contributed by atoms with Gasteiger partial charge < -0.3 is 16.2 Å². The van der Waals surface area contributed by atoms with Crippen molar-refractivity contribution in [3.63, 3.8) is 0 Å². The van der Waals surface area contributed by atoms with Crippen LogP contribution in [0, 0.1) is 23.2 Å². The maximum Gasteiger partial charge on any atom is 0.236 e. The third kappa shape index (κ3) is 4.50. The van der Waals surface area contributed by atoms with Gasteiger partial charge in [0.2, 0.25) is 11.8 Å². The molecule has 1 saturated heterocycles. The topological polar surface area (TPSA) is 139 Å². The molecule has 5 aliphatic rings. The molecular weight excluding hydrogens is 539 g/mol. The summed E-state index contributed by atoms with van der Waals surface area (Å²) < 4.78 is 24.6. The summed E-state index contributed by atoms with van der Waals surface area (Å²) in [5.41, 5.74) is 5.42. The number of rotatable bonds is 5. The van der Waals surface area contributed by atoms with Crippen molar-refractivity contribution in [3.05, 3.63) is 27.2 Å². The molecule has 5 fully saturated rings. The number of anilines is 1. The summed E-state index contributed by atoms with van der Waals surface area (Å²) >= 11 is 18.6. The van der Waals surface area contributed by atoms with Crippen LogP contribution in [0.2, 0.25) is 15.1 Å². The molecule has 1 aromatic rings. The number of carbonyl (C=O) groups is 2. The molecule has 0 aromatic heterocycles. The van der Waals surface area contributed by atoms with Gasteiger partial charge in [0, 0.05) is 23.0 Å². The Balaban J connectivity index is 1.31. The van der Waals surface area contributed by atoms with E-state index in [9.17, 15) is 23.8 Å². The molecule has 0 radical (unpaired) electrons. The van der Waals surface area contributed by atoms with Crippen molar-refractivity contribution in [3.8, 4) is 0 Å². The Morgan fingerprint density at radius 3 is 2.26 bits per heavy atom. The fraction of sp³-hybridized carbons (Fsp3) is 0.636. The van der Waals surface area contributed by atoms with Crippen LogP contribution < -0.4 is 15.4 Å². The lowest BCUT2D eigenvalue weighted by Crippen LogP contribution is -2.63. The number of nitrogens with zero attached hydrogens (tertiary/aromatic N) is 2. The molecule has 1 heterocycles. The number of primary amides is 1. The maximum atomic E-state index is 13.1. The Bertz CT molecular complexity index is 1020. The number of carbonyl (C=O) groups excluding carboxylic acids is 2. The number of aliphatic hydroxyl groups is 1. The second kappa shape index (κ2) is 9.09. The van der Waals surface area contributed by atoms with Crippen LogP contribution in [-0.4, -0.2) is 62.1 Å². The highest BCUT2D eigenvalue weighted by atomic mass is 35.5. The van der Waals surface area contributed by atoms with Crippen molar-refractivity contribution in [1.82, 2.24) is 9.62 Å². The third-order valence-electron chi connectivity index (χ3n) is 8.11. The Hall–Kier alpha value is -0.980. The van der Waals surface area contributed by atoms with Crippen LogP contribution in [0.25, 0.3) is 0 Å². The molecule has 6 rings (SSSR count). The van der Waals surface area contributed by atoms with Gasteiger partial charge in [-0.1, -0.05) is 34.8 Å². The lowest BCUT2D eigenvalue weighted by atomic mass is 9.47. The molecule has 4 bridgehead atoms.